The van der Waals surface area contributed by atoms with Crippen molar-refractivity contribution in [3.8, 4) is 17.3 Å². The fourth-order valence-electron chi connectivity index (χ4n) is 3.23. The summed E-state index contributed by atoms with van der Waals surface area (Å²) in [5, 5.41) is 2.98. The first kappa shape index (κ1) is 21.5. The zero-order valence-electron chi connectivity index (χ0n) is 17.8. The molecule has 2 aromatic heterocycles. The van der Waals surface area contributed by atoms with E-state index in [2.05, 4.69) is 24.4 Å². The molecule has 1 unspecified atom stereocenters. The van der Waals surface area contributed by atoms with Crippen LogP contribution in [0.15, 0.2) is 53.3 Å². The molecule has 3 heterocycles. The Labute approximate surface area is 187 Å². The largest absolute Gasteiger partial charge is 0.490 e. The number of hydrogen-bond donors (Lipinski definition) is 3. The molecule has 1 amide bonds. The summed E-state index contributed by atoms with van der Waals surface area (Å²) in [6, 6.07) is 8.60. The van der Waals surface area contributed by atoms with E-state index in [-0.39, 0.29) is 18.3 Å². The number of carbonyl (C=O) groups excluding carboxylic acids is 1. The van der Waals surface area contributed by atoms with Crippen LogP contribution in [0.25, 0.3) is 11.5 Å². The van der Waals surface area contributed by atoms with E-state index >= 15 is 0 Å². The fraction of sp³-hybridized carbons (Fsp3) is 0.238. The Morgan fingerprint density at radius 3 is 2.84 bits per heavy atom. The Kier molecular flexibility index (Phi) is 5.66. The van der Waals surface area contributed by atoms with Crippen molar-refractivity contribution in [3.63, 3.8) is 0 Å². The molecule has 4 rings (SSSR count). The Bertz CT molecular complexity index is 1240. The first-order valence-corrected chi connectivity index (χ1v) is 10.9. The van der Waals surface area contributed by atoms with Gasteiger partial charge in [0, 0.05) is 31.2 Å². The first-order valence-electron chi connectivity index (χ1n) is 9.79. The van der Waals surface area contributed by atoms with Gasteiger partial charge in [-0.2, -0.15) is 4.40 Å². The highest BCUT2D eigenvalue weighted by Crippen LogP contribution is 2.30. The number of imidazole rings is 1. The summed E-state index contributed by atoms with van der Waals surface area (Å²) in [7, 11) is 1.87. The van der Waals surface area contributed by atoms with E-state index < -0.39 is 16.7 Å². The number of fused-ring (bicyclic) bond motifs is 1. The smallest absolute Gasteiger partial charge is 0.251 e. The number of anilines is 1. The molecule has 32 heavy (non-hydrogen) atoms. The van der Waals surface area contributed by atoms with E-state index in [9.17, 15) is 9.00 Å². The van der Waals surface area contributed by atoms with Crippen molar-refractivity contribution >= 4 is 28.6 Å². The molecule has 0 radical (unpaired) electrons. The van der Waals surface area contributed by atoms with Gasteiger partial charge >= 0.3 is 0 Å². The molecule has 0 fully saturated rings. The molecule has 1 aliphatic rings. The zero-order chi connectivity index (χ0) is 22.9. The van der Waals surface area contributed by atoms with Crippen LogP contribution in [0.1, 0.15) is 29.8 Å². The van der Waals surface area contributed by atoms with Gasteiger partial charge in [0.05, 0.1) is 16.8 Å². The van der Waals surface area contributed by atoms with Crippen LogP contribution in [-0.4, -0.2) is 42.6 Å². The van der Waals surface area contributed by atoms with Crippen molar-refractivity contribution in [1.29, 1.82) is 0 Å². The molecule has 0 aliphatic carbocycles. The van der Waals surface area contributed by atoms with Crippen molar-refractivity contribution in [1.82, 2.24) is 19.9 Å². The number of nitrogens with one attached hydrogen (secondary N) is 2. The van der Waals surface area contributed by atoms with Crippen molar-refractivity contribution in [2.45, 2.75) is 19.4 Å². The number of aryl methyl sites for hydroxylation is 1. The number of nitrogens with zero attached hydrogens (tertiary/aromatic N) is 4. The van der Waals surface area contributed by atoms with E-state index in [0.717, 1.165) is 0 Å². The van der Waals surface area contributed by atoms with Crippen LogP contribution in [-0.2, 0) is 18.2 Å². The average Bonchev–Trinajstić information content (AvgIpc) is 3.17. The number of ether oxygens (including phenoxy) is 1. The summed E-state index contributed by atoms with van der Waals surface area (Å²) < 4.78 is 26.1. The third-order valence-electron chi connectivity index (χ3n) is 4.77. The number of aromatic nitrogens is 3. The normalized spacial score (nSPS) is 15.3. The third-order valence-corrected chi connectivity index (χ3v) is 5.53. The Hall–Kier alpha value is -3.73. The van der Waals surface area contributed by atoms with Crippen molar-refractivity contribution in [2.75, 3.05) is 11.3 Å². The highest BCUT2D eigenvalue weighted by atomic mass is 32.2. The van der Waals surface area contributed by atoms with E-state index in [1.807, 2.05) is 31.7 Å². The average molecular weight is 454 g/mol. The minimum Gasteiger partial charge on any atom is -0.490 e. The van der Waals surface area contributed by atoms with Gasteiger partial charge in [-0.3, -0.25) is 14.5 Å². The lowest BCUT2D eigenvalue weighted by Crippen LogP contribution is -2.48. The van der Waals surface area contributed by atoms with Crippen LogP contribution < -0.4 is 20.5 Å². The van der Waals surface area contributed by atoms with Crippen LogP contribution in [0, 0.1) is 0 Å². The first-order chi connectivity index (χ1) is 15.2. The van der Waals surface area contributed by atoms with Gasteiger partial charge in [0.15, 0.2) is 5.82 Å². The second-order valence-electron chi connectivity index (χ2n) is 7.92. The van der Waals surface area contributed by atoms with Gasteiger partial charge in [-0.15, -0.1) is 0 Å². The minimum absolute atomic E-state index is 0.133. The molecule has 4 N–H and O–H groups in total. The second kappa shape index (κ2) is 8.42. The molecule has 1 aliphatic heterocycles. The summed E-state index contributed by atoms with van der Waals surface area (Å²) in [6.07, 6.45) is 5.08. The number of pyridine rings is 1. The highest BCUT2D eigenvalue weighted by molar-refractivity contribution is 7.85. The number of nitrogens with two attached hydrogens (primary N) is 1. The molecule has 11 heteroatoms. The quantitative estimate of drug-likeness (QED) is 0.520. The molecule has 1 aromatic carbocycles. The maximum atomic E-state index is 12.9. The molecular weight excluding hydrogens is 430 g/mol. The maximum absolute atomic E-state index is 12.9. The lowest BCUT2D eigenvalue weighted by molar-refractivity contribution is 0.0880. The number of amides is 1. The van der Waals surface area contributed by atoms with E-state index in [4.69, 9.17) is 10.5 Å². The van der Waals surface area contributed by atoms with Gasteiger partial charge in [-0.05, 0) is 38.1 Å². The summed E-state index contributed by atoms with van der Waals surface area (Å²) in [6.45, 7) is 3.88. The molecule has 0 spiro atoms. The van der Waals surface area contributed by atoms with Crippen LogP contribution in [0.4, 0.5) is 5.69 Å². The predicted octanol–water partition coefficient (Wildman–Crippen LogP) is 1.78. The van der Waals surface area contributed by atoms with Gasteiger partial charge in [0.2, 0.25) is 11.2 Å². The molecule has 0 saturated heterocycles. The molecule has 3 aromatic rings. The Morgan fingerprint density at radius 1 is 1.28 bits per heavy atom. The molecule has 0 bridgehead atoms. The molecule has 10 nitrogen and oxygen atoms in total. The standard InChI is InChI=1S/C21H23N7O3S/c1-21(2,12-31-16-6-4-5-14-17(16)18(22)27-32(30)26-14)25-20(29)13-7-8-23-15(11-13)19-24-9-10-28(19)3/h4-11,26H,12H2,1-3H3,(H2,22,27)(H,25,29). The number of benzene rings is 1. The number of carbonyl (C=O) groups is 1. The topological polar surface area (TPSA) is 137 Å². The molecular formula is C21H23N7O3S. The fourth-order valence-corrected chi connectivity index (χ4v) is 3.91. The Balaban J connectivity index is 1.47. The van der Waals surface area contributed by atoms with Crippen LogP contribution in [0.5, 0.6) is 5.75 Å². The Morgan fingerprint density at radius 2 is 2.09 bits per heavy atom. The van der Waals surface area contributed by atoms with Gasteiger partial charge in [-0.1, -0.05) is 6.07 Å². The number of amidine groups is 1. The summed E-state index contributed by atoms with van der Waals surface area (Å²) in [5.41, 5.74) is 7.44. The minimum atomic E-state index is -1.62. The van der Waals surface area contributed by atoms with Gasteiger partial charge < -0.3 is 20.4 Å². The van der Waals surface area contributed by atoms with E-state index in [1.54, 1.807) is 42.7 Å². The van der Waals surface area contributed by atoms with Crippen molar-refractivity contribution in [2.24, 2.45) is 17.2 Å². The van der Waals surface area contributed by atoms with Gasteiger partial charge in [0.1, 0.15) is 23.9 Å². The molecule has 166 valence electrons. The maximum Gasteiger partial charge on any atom is 0.251 e. The second-order valence-corrected chi connectivity index (χ2v) is 8.81. The van der Waals surface area contributed by atoms with Gasteiger partial charge in [-0.25, -0.2) is 9.19 Å². The monoisotopic (exact) mass is 453 g/mol. The van der Waals surface area contributed by atoms with E-state index in [0.29, 0.717) is 34.1 Å². The van der Waals surface area contributed by atoms with Crippen molar-refractivity contribution < 1.29 is 13.7 Å². The number of hydrogen-bond acceptors (Lipinski definition) is 6. The van der Waals surface area contributed by atoms with Gasteiger partial charge in [0.25, 0.3) is 5.91 Å². The number of rotatable bonds is 6. The van der Waals surface area contributed by atoms with E-state index in [1.165, 1.54) is 0 Å². The summed E-state index contributed by atoms with van der Waals surface area (Å²) in [5.74, 6) is 1.03. The summed E-state index contributed by atoms with van der Waals surface area (Å²) in [4.78, 5) is 21.5. The summed E-state index contributed by atoms with van der Waals surface area (Å²) >= 11 is -1.62. The lowest BCUT2D eigenvalue weighted by Gasteiger charge is -2.27. The molecule has 0 saturated carbocycles. The predicted molar refractivity (Wildman–Crippen MR) is 122 cm³/mol. The third kappa shape index (κ3) is 4.47. The van der Waals surface area contributed by atoms with Crippen LogP contribution in [0.2, 0.25) is 0 Å². The van der Waals surface area contributed by atoms with Crippen LogP contribution in [0.3, 0.4) is 0 Å². The lowest BCUT2D eigenvalue weighted by atomic mass is 10.1. The van der Waals surface area contributed by atoms with Crippen LogP contribution >= 0.6 is 0 Å². The highest BCUT2D eigenvalue weighted by Gasteiger charge is 2.25. The zero-order valence-corrected chi connectivity index (χ0v) is 18.6. The van der Waals surface area contributed by atoms with Crippen molar-refractivity contribution in [3.05, 3.63) is 60.0 Å². The SMILES string of the molecule is Cn1ccnc1-c1cc(C(=O)NC(C)(C)COc2cccc3c2C(N)=NS(=O)N3)ccn1. The molecule has 1 atom stereocenters.